The maximum absolute atomic E-state index is 9.18. The normalized spacial score (nSPS) is 35.6. The zero-order valence-electron chi connectivity index (χ0n) is 6.67. The molecule has 2 N–H and O–H groups in total. The van der Waals surface area contributed by atoms with Gasteiger partial charge in [0, 0.05) is 17.3 Å². The molecule has 2 unspecified atom stereocenters. The lowest BCUT2D eigenvalue weighted by Gasteiger charge is -2.09. The zero-order valence-corrected chi connectivity index (χ0v) is 6.67. The molecule has 2 rings (SSSR count). The Labute approximate surface area is 66.3 Å². The van der Waals surface area contributed by atoms with Crippen molar-refractivity contribution in [1.29, 1.82) is 0 Å². The van der Waals surface area contributed by atoms with Crippen molar-refractivity contribution in [3.8, 4) is 0 Å². The van der Waals surface area contributed by atoms with Crippen molar-refractivity contribution < 1.29 is 5.11 Å². The molecule has 2 heteroatoms. The third kappa shape index (κ3) is 0.824. The van der Waals surface area contributed by atoms with Crippen molar-refractivity contribution in [2.24, 2.45) is 5.92 Å². The monoisotopic (exact) mass is 151 g/mol. The quantitative estimate of drug-likeness (QED) is 0.656. The van der Waals surface area contributed by atoms with Crippen LogP contribution in [-0.2, 0) is 5.41 Å². The van der Waals surface area contributed by atoms with Crippen LogP contribution < -0.4 is 0 Å². The summed E-state index contributed by atoms with van der Waals surface area (Å²) in [6, 6.07) is 4.04. The number of aliphatic hydroxyl groups excluding tert-OH is 1. The molecule has 0 aromatic carbocycles. The molecule has 0 aliphatic heterocycles. The minimum absolute atomic E-state index is 0.0729. The first-order valence-corrected chi connectivity index (χ1v) is 4.04. The van der Waals surface area contributed by atoms with E-state index in [0.717, 1.165) is 6.42 Å². The molecule has 2 atom stereocenters. The SMILES string of the molecule is CC1CC1(CO)c1ccc[nH]1. The summed E-state index contributed by atoms with van der Waals surface area (Å²) < 4.78 is 0. The van der Waals surface area contributed by atoms with Crippen LogP contribution in [0.2, 0.25) is 0 Å². The lowest BCUT2D eigenvalue weighted by molar-refractivity contribution is 0.245. The van der Waals surface area contributed by atoms with Gasteiger partial charge in [-0.25, -0.2) is 0 Å². The van der Waals surface area contributed by atoms with Gasteiger partial charge in [0.1, 0.15) is 0 Å². The Morgan fingerprint density at radius 3 is 2.91 bits per heavy atom. The first kappa shape index (κ1) is 6.92. The number of hydrogen-bond donors (Lipinski definition) is 2. The molecule has 1 fully saturated rings. The summed E-state index contributed by atoms with van der Waals surface area (Å²) in [6.45, 7) is 2.45. The fourth-order valence-electron chi connectivity index (χ4n) is 1.81. The van der Waals surface area contributed by atoms with E-state index in [9.17, 15) is 5.11 Å². The van der Waals surface area contributed by atoms with Crippen molar-refractivity contribution in [3.05, 3.63) is 24.0 Å². The minimum Gasteiger partial charge on any atom is -0.395 e. The van der Waals surface area contributed by atoms with Crippen molar-refractivity contribution in [3.63, 3.8) is 0 Å². The van der Waals surface area contributed by atoms with Crippen LogP contribution in [-0.4, -0.2) is 16.7 Å². The number of hydrogen-bond acceptors (Lipinski definition) is 1. The number of aliphatic hydroxyl groups is 1. The molecule has 0 saturated heterocycles. The second-order valence-electron chi connectivity index (χ2n) is 3.50. The maximum Gasteiger partial charge on any atom is 0.0544 e. The molecule has 0 bridgehead atoms. The van der Waals surface area contributed by atoms with Crippen molar-refractivity contribution in [2.45, 2.75) is 18.8 Å². The molecule has 1 aromatic rings. The van der Waals surface area contributed by atoms with Crippen LogP contribution in [0.4, 0.5) is 0 Å². The smallest absolute Gasteiger partial charge is 0.0544 e. The highest BCUT2D eigenvalue weighted by Gasteiger charge is 2.52. The highest BCUT2D eigenvalue weighted by atomic mass is 16.3. The van der Waals surface area contributed by atoms with E-state index in [2.05, 4.69) is 18.0 Å². The standard InChI is InChI=1S/C9H13NO/c1-7-5-9(7,6-11)8-3-2-4-10-8/h2-4,7,10-11H,5-6H2,1H3. The van der Waals surface area contributed by atoms with Crippen molar-refractivity contribution in [2.75, 3.05) is 6.61 Å². The van der Waals surface area contributed by atoms with Gasteiger partial charge in [-0.05, 0) is 24.5 Å². The fraction of sp³-hybridized carbons (Fsp3) is 0.556. The molecular formula is C9H13NO. The Balaban J connectivity index is 2.28. The van der Waals surface area contributed by atoms with Crippen LogP contribution in [0.1, 0.15) is 19.0 Å². The minimum atomic E-state index is 0.0729. The Kier molecular flexibility index (Phi) is 1.33. The van der Waals surface area contributed by atoms with Gasteiger partial charge in [-0.1, -0.05) is 6.92 Å². The molecular weight excluding hydrogens is 138 g/mol. The summed E-state index contributed by atoms with van der Waals surface area (Å²) in [5.41, 5.74) is 1.26. The highest BCUT2D eigenvalue weighted by molar-refractivity contribution is 5.27. The van der Waals surface area contributed by atoms with Crippen LogP contribution in [0.25, 0.3) is 0 Å². The van der Waals surface area contributed by atoms with Crippen molar-refractivity contribution in [1.82, 2.24) is 4.98 Å². The van der Waals surface area contributed by atoms with Gasteiger partial charge in [0.2, 0.25) is 0 Å². The summed E-state index contributed by atoms with van der Waals surface area (Å²) in [7, 11) is 0. The van der Waals surface area contributed by atoms with Crippen LogP contribution >= 0.6 is 0 Å². The summed E-state index contributed by atoms with van der Waals surface area (Å²) in [5.74, 6) is 0.631. The van der Waals surface area contributed by atoms with Gasteiger partial charge in [-0.3, -0.25) is 0 Å². The Morgan fingerprint density at radius 1 is 1.82 bits per heavy atom. The van der Waals surface area contributed by atoms with Gasteiger partial charge >= 0.3 is 0 Å². The third-order valence-corrected chi connectivity index (χ3v) is 2.87. The predicted octanol–water partition coefficient (Wildman–Crippen LogP) is 1.28. The second-order valence-corrected chi connectivity index (χ2v) is 3.50. The summed E-state index contributed by atoms with van der Waals surface area (Å²) in [5, 5.41) is 9.18. The molecule has 11 heavy (non-hydrogen) atoms. The molecule has 0 spiro atoms. The number of aromatic amines is 1. The second kappa shape index (κ2) is 2.11. The van der Waals surface area contributed by atoms with E-state index in [4.69, 9.17) is 0 Å². The predicted molar refractivity (Wildman–Crippen MR) is 43.3 cm³/mol. The van der Waals surface area contributed by atoms with E-state index >= 15 is 0 Å². The van der Waals surface area contributed by atoms with E-state index in [1.807, 2.05) is 12.3 Å². The number of H-pyrrole nitrogens is 1. The highest BCUT2D eigenvalue weighted by Crippen LogP contribution is 2.52. The van der Waals surface area contributed by atoms with Gasteiger partial charge in [-0.2, -0.15) is 0 Å². The van der Waals surface area contributed by atoms with Crippen LogP contribution in [0.15, 0.2) is 18.3 Å². The van der Waals surface area contributed by atoms with Crippen molar-refractivity contribution >= 4 is 0 Å². The molecule has 1 saturated carbocycles. The van der Waals surface area contributed by atoms with E-state index in [1.165, 1.54) is 5.69 Å². The van der Waals surface area contributed by atoms with Gasteiger partial charge < -0.3 is 10.1 Å². The zero-order chi connectivity index (χ0) is 7.90. The largest absolute Gasteiger partial charge is 0.395 e. The van der Waals surface area contributed by atoms with Crippen LogP contribution in [0.3, 0.4) is 0 Å². The number of nitrogens with one attached hydrogen (secondary N) is 1. The lowest BCUT2D eigenvalue weighted by atomic mass is 10.0. The molecule has 0 radical (unpaired) electrons. The molecule has 1 aliphatic carbocycles. The Hall–Kier alpha value is -0.760. The number of rotatable bonds is 2. The Morgan fingerprint density at radius 2 is 2.55 bits per heavy atom. The first-order valence-electron chi connectivity index (χ1n) is 4.04. The van der Waals surface area contributed by atoms with Gasteiger partial charge in [0.15, 0.2) is 0 Å². The topological polar surface area (TPSA) is 36.0 Å². The molecule has 1 aromatic heterocycles. The fourth-order valence-corrected chi connectivity index (χ4v) is 1.81. The van der Waals surface area contributed by atoms with Gasteiger partial charge in [-0.15, -0.1) is 0 Å². The van der Waals surface area contributed by atoms with E-state index in [1.54, 1.807) is 0 Å². The van der Waals surface area contributed by atoms with Gasteiger partial charge in [0.05, 0.1) is 6.61 Å². The average Bonchev–Trinajstić information content (AvgIpc) is 2.55. The lowest BCUT2D eigenvalue weighted by Crippen LogP contribution is -2.14. The average molecular weight is 151 g/mol. The van der Waals surface area contributed by atoms with Gasteiger partial charge in [0.25, 0.3) is 0 Å². The van der Waals surface area contributed by atoms with E-state index in [0.29, 0.717) is 5.92 Å². The Bertz CT molecular complexity index is 238. The molecule has 2 nitrogen and oxygen atoms in total. The maximum atomic E-state index is 9.18. The summed E-state index contributed by atoms with van der Waals surface area (Å²) in [4.78, 5) is 3.16. The van der Waals surface area contributed by atoms with E-state index < -0.39 is 0 Å². The van der Waals surface area contributed by atoms with Crippen LogP contribution in [0, 0.1) is 5.92 Å². The molecule has 1 heterocycles. The number of aromatic nitrogens is 1. The molecule has 1 aliphatic rings. The third-order valence-electron chi connectivity index (χ3n) is 2.87. The molecule has 60 valence electrons. The van der Waals surface area contributed by atoms with E-state index in [-0.39, 0.29) is 12.0 Å². The summed E-state index contributed by atoms with van der Waals surface area (Å²) in [6.07, 6.45) is 3.03. The van der Waals surface area contributed by atoms with Crippen LogP contribution in [0.5, 0.6) is 0 Å². The summed E-state index contributed by atoms with van der Waals surface area (Å²) >= 11 is 0. The first-order chi connectivity index (χ1) is 5.29. The molecule has 0 amide bonds.